The van der Waals surface area contributed by atoms with E-state index in [0.717, 1.165) is 25.0 Å². The monoisotopic (exact) mass is 235 g/mol. The Morgan fingerprint density at radius 2 is 2.47 bits per heavy atom. The summed E-state index contributed by atoms with van der Waals surface area (Å²) >= 11 is 0. The molecule has 0 amide bonds. The first-order chi connectivity index (χ1) is 8.29. The standard InChI is InChI=1S/C13H21N3O/c1-10-7-11(9-15-8-10)13(16-14)5-4-12-3-2-6-17-12/h7-9,12-13,16H,2-6,14H2,1H3. The molecule has 1 aliphatic heterocycles. The molecular weight excluding hydrogens is 214 g/mol. The van der Waals surface area contributed by atoms with Crippen molar-refractivity contribution < 1.29 is 4.74 Å². The summed E-state index contributed by atoms with van der Waals surface area (Å²) in [5.41, 5.74) is 5.20. The van der Waals surface area contributed by atoms with E-state index in [1.165, 1.54) is 18.4 Å². The first-order valence-corrected chi connectivity index (χ1v) is 6.29. The molecule has 1 aliphatic rings. The predicted octanol–water partition coefficient (Wildman–Crippen LogP) is 1.85. The Morgan fingerprint density at radius 1 is 1.59 bits per heavy atom. The number of aryl methyl sites for hydroxylation is 1. The first kappa shape index (κ1) is 12.5. The summed E-state index contributed by atoms with van der Waals surface area (Å²) in [5.74, 6) is 5.62. The summed E-state index contributed by atoms with van der Waals surface area (Å²) in [4.78, 5) is 4.21. The van der Waals surface area contributed by atoms with E-state index < -0.39 is 0 Å². The minimum absolute atomic E-state index is 0.173. The number of pyridine rings is 1. The largest absolute Gasteiger partial charge is 0.378 e. The minimum Gasteiger partial charge on any atom is -0.378 e. The van der Waals surface area contributed by atoms with E-state index >= 15 is 0 Å². The van der Waals surface area contributed by atoms with Crippen LogP contribution in [-0.2, 0) is 4.74 Å². The third-order valence-corrected chi connectivity index (χ3v) is 3.30. The van der Waals surface area contributed by atoms with Crippen molar-refractivity contribution >= 4 is 0 Å². The molecular formula is C13H21N3O. The zero-order valence-electron chi connectivity index (χ0n) is 10.4. The van der Waals surface area contributed by atoms with Crippen LogP contribution < -0.4 is 11.3 Å². The van der Waals surface area contributed by atoms with Gasteiger partial charge >= 0.3 is 0 Å². The molecule has 2 heterocycles. The summed E-state index contributed by atoms with van der Waals surface area (Å²) in [5, 5.41) is 0. The summed E-state index contributed by atoms with van der Waals surface area (Å²) in [6.07, 6.45) is 8.59. The maximum atomic E-state index is 5.62. The van der Waals surface area contributed by atoms with Crippen molar-refractivity contribution in [2.75, 3.05) is 6.61 Å². The van der Waals surface area contributed by atoms with Gasteiger partial charge in [-0.2, -0.15) is 0 Å². The van der Waals surface area contributed by atoms with Gasteiger partial charge in [0, 0.05) is 25.0 Å². The average molecular weight is 235 g/mol. The number of aromatic nitrogens is 1. The van der Waals surface area contributed by atoms with Crippen LogP contribution in [0.2, 0.25) is 0 Å². The van der Waals surface area contributed by atoms with Gasteiger partial charge in [-0.15, -0.1) is 0 Å². The van der Waals surface area contributed by atoms with Crippen molar-refractivity contribution in [2.24, 2.45) is 5.84 Å². The molecule has 2 rings (SSSR count). The van der Waals surface area contributed by atoms with E-state index in [0.29, 0.717) is 6.10 Å². The van der Waals surface area contributed by atoms with Gasteiger partial charge in [0.15, 0.2) is 0 Å². The van der Waals surface area contributed by atoms with Gasteiger partial charge in [0.05, 0.1) is 6.10 Å². The Labute approximate surface area is 103 Å². The molecule has 2 atom stereocenters. The molecule has 1 saturated heterocycles. The number of nitrogens with two attached hydrogens (primary N) is 1. The fourth-order valence-electron chi connectivity index (χ4n) is 2.34. The maximum absolute atomic E-state index is 5.62. The second-order valence-corrected chi connectivity index (χ2v) is 4.73. The van der Waals surface area contributed by atoms with Crippen molar-refractivity contribution in [3.05, 3.63) is 29.6 Å². The molecule has 1 aromatic rings. The smallest absolute Gasteiger partial charge is 0.0576 e. The Kier molecular flexibility index (Phi) is 4.48. The number of ether oxygens (including phenoxy) is 1. The Balaban J connectivity index is 1.91. The fourth-order valence-corrected chi connectivity index (χ4v) is 2.34. The maximum Gasteiger partial charge on any atom is 0.0576 e. The third-order valence-electron chi connectivity index (χ3n) is 3.30. The lowest BCUT2D eigenvalue weighted by atomic mass is 10.0. The molecule has 0 spiro atoms. The second kappa shape index (κ2) is 6.10. The summed E-state index contributed by atoms with van der Waals surface area (Å²) < 4.78 is 5.62. The molecule has 1 fully saturated rings. The topological polar surface area (TPSA) is 60.2 Å². The molecule has 0 aliphatic carbocycles. The molecule has 0 aromatic carbocycles. The van der Waals surface area contributed by atoms with Crippen LogP contribution in [0.4, 0.5) is 0 Å². The summed E-state index contributed by atoms with van der Waals surface area (Å²) in [6, 6.07) is 2.30. The van der Waals surface area contributed by atoms with Gasteiger partial charge in [-0.3, -0.25) is 16.3 Å². The zero-order valence-corrected chi connectivity index (χ0v) is 10.4. The normalized spacial score (nSPS) is 21.6. The van der Waals surface area contributed by atoms with E-state index in [1.807, 2.05) is 19.3 Å². The number of hydrazine groups is 1. The van der Waals surface area contributed by atoms with Crippen LogP contribution in [0.5, 0.6) is 0 Å². The molecule has 3 N–H and O–H groups in total. The van der Waals surface area contributed by atoms with Crippen LogP contribution in [0.1, 0.15) is 42.9 Å². The summed E-state index contributed by atoms with van der Waals surface area (Å²) in [7, 11) is 0. The molecule has 4 heteroatoms. The van der Waals surface area contributed by atoms with Gasteiger partial charge < -0.3 is 4.74 Å². The van der Waals surface area contributed by atoms with Crippen molar-refractivity contribution in [3.8, 4) is 0 Å². The van der Waals surface area contributed by atoms with Crippen molar-refractivity contribution in [3.63, 3.8) is 0 Å². The third kappa shape index (κ3) is 3.49. The lowest BCUT2D eigenvalue weighted by Crippen LogP contribution is -2.29. The SMILES string of the molecule is Cc1cncc(C(CCC2CCCO2)NN)c1. The van der Waals surface area contributed by atoms with Crippen LogP contribution in [0.25, 0.3) is 0 Å². The van der Waals surface area contributed by atoms with E-state index in [9.17, 15) is 0 Å². The Hall–Kier alpha value is -0.970. The van der Waals surface area contributed by atoms with E-state index in [-0.39, 0.29) is 6.04 Å². The predicted molar refractivity (Wildman–Crippen MR) is 67.2 cm³/mol. The van der Waals surface area contributed by atoms with Crippen LogP contribution in [-0.4, -0.2) is 17.7 Å². The van der Waals surface area contributed by atoms with E-state index in [2.05, 4.69) is 16.5 Å². The summed E-state index contributed by atoms with van der Waals surface area (Å²) in [6.45, 7) is 2.96. The van der Waals surface area contributed by atoms with Gasteiger partial charge in [-0.1, -0.05) is 6.07 Å². The van der Waals surface area contributed by atoms with Gasteiger partial charge in [0.1, 0.15) is 0 Å². The minimum atomic E-state index is 0.173. The highest BCUT2D eigenvalue weighted by molar-refractivity contribution is 5.19. The van der Waals surface area contributed by atoms with Gasteiger partial charge in [0.25, 0.3) is 0 Å². The van der Waals surface area contributed by atoms with Crippen LogP contribution >= 0.6 is 0 Å². The van der Waals surface area contributed by atoms with E-state index in [4.69, 9.17) is 10.6 Å². The van der Waals surface area contributed by atoms with Crippen molar-refractivity contribution in [1.82, 2.24) is 10.4 Å². The molecule has 17 heavy (non-hydrogen) atoms. The van der Waals surface area contributed by atoms with Crippen LogP contribution in [0.3, 0.4) is 0 Å². The lowest BCUT2D eigenvalue weighted by Gasteiger charge is -2.18. The van der Waals surface area contributed by atoms with Crippen molar-refractivity contribution in [1.29, 1.82) is 0 Å². The fraction of sp³-hybridized carbons (Fsp3) is 0.615. The highest BCUT2D eigenvalue weighted by atomic mass is 16.5. The Morgan fingerprint density at radius 3 is 3.12 bits per heavy atom. The molecule has 94 valence electrons. The van der Waals surface area contributed by atoms with Gasteiger partial charge in [-0.05, 0) is 43.7 Å². The number of hydrogen-bond donors (Lipinski definition) is 2. The van der Waals surface area contributed by atoms with Crippen molar-refractivity contribution in [2.45, 2.75) is 44.8 Å². The van der Waals surface area contributed by atoms with Crippen LogP contribution in [0.15, 0.2) is 18.5 Å². The number of hydrogen-bond acceptors (Lipinski definition) is 4. The number of nitrogens with one attached hydrogen (secondary N) is 1. The number of rotatable bonds is 5. The molecule has 0 bridgehead atoms. The molecule has 4 nitrogen and oxygen atoms in total. The van der Waals surface area contributed by atoms with Gasteiger partial charge in [-0.25, -0.2) is 0 Å². The van der Waals surface area contributed by atoms with E-state index in [1.54, 1.807) is 0 Å². The highest BCUT2D eigenvalue weighted by Crippen LogP contribution is 2.23. The highest BCUT2D eigenvalue weighted by Gasteiger charge is 2.18. The molecule has 0 saturated carbocycles. The Bertz CT molecular complexity index is 350. The molecule has 2 unspecified atom stereocenters. The average Bonchev–Trinajstić information content (AvgIpc) is 2.83. The second-order valence-electron chi connectivity index (χ2n) is 4.73. The first-order valence-electron chi connectivity index (χ1n) is 6.29. The molecule has 0 radical (unpaired) electrons. The quantitative estimate of drug-likeness (QED) is 0.604. The zero-order chi connectivity index (χ0) is 12.1. The molecule has 1 aromatic heterocycles. The van der Waals surface area contributed by atoms with Crippen LogP contribution in [0, 0.1) is 6.92 Å². The lowest BCUT2D eigenvalue weighted by molar-refractivity contribution is 0.0996. The van der Waals surface area contributed by atoms with Gasteiger partial charge in [0.2, 0.25) is 0 Å². The number of nitrogens with zero attached hydrogens (tertiary/aromatic N) is 1.